The zero-order chi connectivity index (χ0) is 10.9. The van der Waals surface area contributed by atoms with Gasteiger partial charge in [-0.25, -0.2) is 0 Å². The summed E-state index contributed by atoms with van der Waals surface area (Å²) in [5, 5.41) is 10.6. The highest BCUT2D eigenvalue weighted by atomic mass is 79.9. The van der Waals surface area contributed by atoms with Gasteiger partial charge in [-0.3, -0.25) is 9.59 Å². The molecule has 0 fully saturated rings. The molecular formula is C9H9BrO3S. The lowest BCUT2D eigenvalue weighted by molar-refractivity contribution is -0.144. The number of carboxylic acids is 1. The molecule has 0 spiro atoms. The maximum Gasteiger partial charge on any atom is 0.317 e. The maximum absolute atomic E-state index is 11.7. The molecule has 14 heavy (non-hydrogen) atoms. The summed E-state index contributed by atoms with van der Waals surface area (Å²) in [5.41, 5.74) is -1.36. The van der Waals surface area contributed by atoms with Crippen molar-refractivity contribution in [3.63, 3.8) is 0 Å². The van der Waals surface area contributed by atoms with E-state index in [1.807, 2.05) is 0 Å². The van der Waals surface area contributed by atoms with E-state index < -0.39 is 11.4 Å². The van der Waals surface area contributed by atoms with E-state index in [4.69, 9.17) is 5.11 Å². The second-order valence-corrected chi connectivity index (χ2v) is 5.22. The molecule has 3 nitrogen and oxygen atoms in total. The van der Waals surface area contributed by atoms with Crippen LogP contribution in [-0.2, 0) is 4.79 Å². The fourth-order valence-electron chi connectivity index (χ4n) is 0.837. The van der Waals surface area contributed by atoms with E-state index in [9.17, 15) is 9.59 Å². The van der Waals surface area contributed by atoms with Crippen molar-refractivity contribution >= 4 is 39.0 Å². The molecular weight excluding hydrogens is 268 g/mol. The van der Waals surface area contributed by atoms with Gasteiger partial charge in [0.05, 0.1) is 4.88 Å². The Balaban J connectivity index is 3.02. The molecule has 0 aliphatic heterocycles. The molecule has 1 rings (SSSR count). The molecule has 76 valence electrons. The van der Waals surface area contributed by atoms with Crippen LogP contribution in [0.1, 0.15) is 23.5 Å². The number of carboxylic acid groups (broad SMARTS) is 1. The van der Waals surface area contributed by atoms with Gasteiger partial charge in [0, 0.05) is 9.85 Å². The third-order valence-corrected chi connectivity index (χ3v) is 3.58. The van der Waals surface area contributed by atoms with E-state index in [1.54, 1.807) is 11.4 Å². The molecule has 0 bridgehead atoms. The molecule has 1 heterocycles. The van der Waals surface area contributed by atoms with Crippen molar-refractivity contribution in [2.45, 2.75) is 13.8 Å². The van der Waals surface area contributed by atoms with Gasteiger partial charge in [-0.05, 0) is 35.8 Å². The number of carbonyl (C=O) groups is 2. The van der Waals surface area contributed by atoms with E-state index in [2.05, 4.69) is 15.9 Å². The molecule has 0 amide bonds. The van der Waals surface area contributed by atoms with E-state index in [0.717, 1.165) is 4.47 Å². The zero-order valence-electron chi connectivity index (χ0n) is 7.70. The Morgan fingerprint density at radius 1 is 1.50 bits per heavy atom. The van der Waals surface area contributed by atoms with E-state index in [1.165, 1.54) is 25.2 Å². The minimum atomic E-state index is -1.36. The molecule has 0 unspecified atom stereocenters. The minimum Gasteiger partial charge on any atom is -0.481 e. The van der Waals surface area contributed by atoms with Crippen molar-refractivity contribution in [3.8, 4) is 0 Å². The van der Waals surface area contributed by atoms with Gasteiger partial charge < -0.3 is 5.11 Å². The third kappa shape index (κ3) is 2.04. The van der Waals surface area contributed by atoms with E-state index in [0.29, 0.717) is 4.88 Å². The summed E-state index contributed by atoms with van der Waals surface area (Å²) in [4.78, 5) is 23.0. The molecule has 1 aromatic rings. The fraction of sp³-hybridized carbons (Fsp3) is 0.333. The SMILES string of the molecule is CC(C)(C(=O)O)C(=O)c1cc(Br)cs1. The van der Waals surface area contributed by atoms with Crippen molar-refractivity contribution < 1.29 is 14.7 Å². The number of rotatable bonds is 3. The summed E-state index contributed by atoms with van der Waals surface area (Å²) in [6.45, 7) is 2.82. The average Bonchev–Trinajstić information content (AvgIpc) is 2.50. The topological polar surface area (TPSA) is 54.4 Å². The quantitative estimate of drug-likeness (QED) is 0.682. The average molecular weight is 277 g/mol. The van der Waals surface area contributed by atoms with Crippen molar-refractivity contribution in [1.29, 1.82) is 0 Å². The van der Waals surface area contributed by atoms with Crippen LogP contribution in [0.2, 0.25) is 0 Å². The van der Waals surface area contributed by atoms with Gasteiger partial charge in [0.2, 0.25) is 0 Å². The predicted octanol–water partition coefficient (Wildman–Crippen LogP) is 2.80. The van der Waals surface area contributed by atoms with Crippen molar-refractivity contribution in [3.05, 3.63) is 20.8 Å². The van der Waals surface area contributed by atoms with Gasteiger partial charge in [-0.2, -0.15) is 0 Å². The smallest absolute Gasteiger partial charge is 0.317 e. The van der Waals surface area contributed by atoms with Crippen LogP contribution in [0.3, 0.4) is 0 Å². The number of halogens is 1. The standard InChI is InChI=1S/C9H9BrO3S/c1-9(2,8(12)13)7(11)6-3-5(10)4-14-6/h3-4H,1-2H3,(H,12,13). The minimum absolute atomic E-state index is 0.360. The first-order chi connectivity index (χ1) is 6.35. The highest BCUT2D eigenvalue weighted by Crippen LogP contribution is 2.28. The summed E-state index contributed by atoms with van der Waals surface area (Å²) in [7, 11) is 0. The van der Waals surface area contributed by atoms with Crippen molar-refractivity contribution in [1.82, 2.24) is 0 Å². The Morgan fingerprint density at radius 3 is 2.43 bits per heavy atom. The predicted molar refractivity (Wildman–Crippen MR) is 57.8 cm³/mol. The van der Waals surface area contributed by atoms with Gasteiger partial charge >= 0.3 is 5.97 Å². The molecule has 0 saturated heterocycles. The number of aliphatic carboxylic acids is 1. The van der Waals surface area contributed by atoms with Crippen LogP contribution in [0.25, 0.3) is 0 Å². The lowest BCUT2D eigenvalue weighted by Gasteiger charge is -2.15. The molecule has 0 aliphatic carbocycles. The summed E-state index contributed by atoms with van der Waals surface area (Å²) >= 11 is 4.46. The largest absolute Gasteiger partial charge is 0.481 e. The molecule has 0 aromatic carbocycles. The van der Waals surface area contributed by atoms with Crippen LogP contribution in [0.5, 0.6) is 0 Å². The van der Waals surface area contributed by atoms with Gasteiger partial charge in [-0.15, -0.1) is 11.3 Å². The summed E-state index contributed by atoms with van der Waals surface area (Å²) < 4.78 is 0.798. The van der Waals surface area contributed by atoms with Gasteiger partial charge in [0.25, 0.3) is 0 Å². The van der Waals surface area contributed by atoms with Crippen LogP contribution < -0.4 is 0 Å². The first-order valence-corrected chi connectivity index (χ1v) is 5.55. The number of Topliss-reactive ketones (excluding diaryl/α,β-unsaturated/α-hetero) is 1. The summed E-state index contributed by atoms with van der Waals surface area (Å²) in [6, 6.07) is 1.64. The molecule has 1 N–H and O–H groups in total. The number of hydrogen-bond acceptors (Lipinski definition) is 3. The Labute approximate surface area is 93.9 Å². The Kier molecular flexibility index (Phi) is 3.11. The fourth-order valence-corrected chi connectivity index (χ4v) is 2.36. The normalized spacial score (nSPS) is 11.4. The lowest BCUT2D eigenvalue weighted by Crippen LogP contribution is -2.32. The van der Waals surface area contributed by atoms with Gasteiger partial charge in [0.1, 0.15) is 5.41 Å². The number of ketones is 1. The highest BCUT2D eigenvalue weighted by Gasteiger charge is 2.37. The van der Waals surface area contributed by atoms with Crippen LogP contribution >= 0.6 is 27.3 Å². The second-order valence-electron chi connectivity index (χ2n) is 3.39. The Morgan fingerprint density at radius 2 is 2.07 bits per heavy atom. The van der Waals surface area contributed by atoms with Gasteiger partial charge in [-0.1, -0.05) is 0 Å². The molecule has 0 atom stereocenters. The monoisotopic (exact) mass is 276 g/mol. The first kappa shape index (κ1) is 11.4. The summed E-state index contributed by atoms with van der Waals surface area (Å²) in [5.74, 6) is -1.47. The van der Waals surface area contributed by atoms with Crippen LogP contribution in [-0.4, -0.2) is 16.9 Å². The van der Waals surface area contributed by atoms with Gasteiger partial charge in [0.15, 0.2) is 5.78 Å². The number of carbonyl (C=O) groups excluding carboxylic acids is 1. The lowest BCUT2D eigenvalue weighted by atomic mass is 9.87. The highest BCUT2D eigenvalue weighted by molar-refractivity contribution is 9.10. The molecule has 1 aromatic heterocycles. The Hall–Kier alpha value is -0.680. The van der Waals surface area contributed by atoms with Crippen molar-refractivity contribution in [2.75, 3.05) is 0 Å². The van der Waals surface area contributed by atoms with E-state index in [-0.39, 0.29) is 5.78 Å². The molecule has 0 saturated carbocycles. The zero-order valence-corrected chi connectivity index (χ0v) is 10.1. The number of thiophene rings is 1. The molecule has 5 heteroatoms. The Bertz CT molecular complexity index is 381. The molecule has 0 radical (unpaired) electrons. The second kappa shape index (κ2) is 3.82. The molecule has 0 aliphatic rings. The van der Waals surface area contributed by atoms with Crippen LogP contribution in [0.15, 0.2) is 15.9 Å². The van der Waals surface area contributed by atoms with Crippen molar-refractivity contribution in [2.24, 2.45) is 5.41 Å². The van der Waals surface area contributed by atoms with Crippen LogP contribution in [0, 0.1) is 5.41 Å². The summed E-state index contributed by atoms with van der Waals surface area (Å²) in [6.07, 6.45) is 0. The maximum atomic E-state index is 11.7. The third-order valence-electron chi connectivity index (χ3n) is 1.89. The van der Waals surface area contributed by atoms with Crippen LogP contribution in [0.4, 0.5) is 0 Å². The van der Waals surface area contributed by atoms with E-state index >= 15 is 0 Å². The number of hydrogen-bond donors (Lipinski definition) is 1. The first-order valence-electron chi connectivity index (χ1n) is 3.88.